The minimum Gasteiger partial charge on any atom is -0.480 e. The normalized spacial score (nSPS) is 10.9. The Balaban J connectivity index is 2.28. The maximum Gasteiger partial charge on any atom is 0.328 e. The number of carbonyl (C=O) groups is 2. The van der Waals surface area contributed by atoms with Crippen LogP contribution in [0.25, 0.3) is 11.0 Å². The predicted octanol–water partition coefficient (Wildman–Crippen LogP) is 1.19. The first kappa shape index (κ1) is 11.5. The molecule has 0 aliphatic rings. The number of aromatic amines is 1. The van der Waals surface area contributed by atoms with Crippen LogP contribution < -0.4 is 0 Å². The van der Waals surface area contributed by atoms with Crippen molar-refractivity contribution in [2.24, 2.45) is 0 Å². The summed E-state index contributed by atoms with van der Waals surface area (Å²) in [4.78, 5) is 28.4. The van der Waals surface area contributed by atoms with Gasteiger partial charge in [-0.15, -0.1) is 0 Å². The zero-order valence-corrected chi connectivity index (χ0v) is 9.27. The molecule has 0 radical (unpaired) electrons. The molecular weight excluding hydrogens is 244 g/mol. The molecule has 0 bridgehead atoms. The molecule has 0 amide bonds. The van der Waals surface area contributed by atoms with Crippen LogP contribution >= 0.6 is 11.8 Å². The Morgan fingerprint density at radius 2 is 1.88 bits per heavy atom. The molecule has 2 aromatic rings. The number of benzene rings is 1. The van der Waals surface area contributed by atoms with Crippen molar-refractivity contribution in [3.63, 3.8) is 0 Å². The highest BCUT2D eigenvalue weighted by molar-refractivity contribution is 8.01. The maximum absolute atomic E-state index is 10.7. The molecule has 0 saturated heterocycles. The zero-order valence-electron chi connectivity index (χ0n) is 8.45. The van der Waals surface area contributed by atoms with Crippen molar-refractivity contribution in [3.05, 3.63) is 24.3 Å². The number of rotatable bonds is 4. The van der Waals surface area contributed by atoms with Gasteiger partial charge in [-0.2, -0.15) is 0 Å². The van der Waals surface area contributed by atoms with Crippen LogP contribution in [0.3, 0.4) is 0 Å². The first-order valence-corrected chi connectivity index (χ1v) is 5.53. The molecule has 7 heteroatoms. The standard InChI is InChI=1S/C10H8N2O4S/c13-8(14)7(9(15)16)17-10-11-5-3-1-2-4-6(5)12-10/h1-4,7H,(H,11,12)(H,13,14)(H,15,16). The van der Waals surface area contributed by atoms with Gasteiger partial charge in [-0.05, 0) is 12.1 Å². The number of H-pyrrole nitrogens is 1. The molecule has 17 heavy (non-hydrogen) atoms. The summed E-state index contributed by atoms with van der Waals surface area (Å²) in [6.07, 6.45) is 0. The van der Waals surface area contributed by atoms with Gasteiger partial charge in [0.1, 0.15) is 0 Å². The number of nitrogens with zero attached hydrogens (tertiary/aromatic N) is 1. The lowest BCUT2D eigenvalue weighted by atomic mass is 10.3. The van der Waals surface area contributed by atoms with E-state index in [9.17, 15) is 9.59 Å². The minimum absolute atomic E-state index is 0.279. The summed E-state index contributed by atoms with van der Waals surface area (Å²) in [5, 5.41) is 16.2. The third kappa shape index (κ3) is 2.39. The number of imidazole rings is 1. The Bertz CT molecular complexity index is 533. The van der Waals surface area contributed by atoms with Crippen LogP contribution in [0.15, 0.2) is 29.4 Å². The Morgan fingerprint density at radius 3 is 2.47 bits per heavy atom. The number of aliphatic carboxylic acids is 2. The van der Waals surface area contributed by atoms with Gasteiger partial charge >= 0.3 is 11.9 Å². The summed E-state index contributed by atoms with van der Waals surface area (Å²) in [6, 6.07) is 7.14. The van der Waals surface area contributed by atoms with E-state index in [1.807, 2.05) is 0 Å². The number of hydrogen-bond acceptors (Lipinski definition) is 4. The van der Waals surface area contributed by atoms with Crippen molar-refractivity contribution in [1.29, 1.82) is 0 Å². The summed E-state index contributed by atoms with van der Waals surface area (Å²) < 4.78 is 0. The van der Waals surface area contributed by atoms with Crippen LogP contribution in [-0.2, 0) is 9.59 Å². The summed E-state index contributed by atoms with van der Waals surface area (Å²) in [5.41, 5.74) is 1.41. The average molecular weight is 252 g/mol. The molecule has 0 saturated carbocycles. The third-order valence-electron chi connectivity index (χ3n) is 2.05. The lowest BCUT2D eigenvalue weighted by Crippen LogP contribution is -2.26. The molecule has 0 fully saturated rings. The van der Waals surface area contributed by atoms with E-state index in [1.54, 1.807) is 24.3 Å². The van der Waals surface area contributed by atoms with Crippen molar-refractivity contribution in [2.75, 3.05) is 0 Å². The highest BCUT2D eigenvalue weighted by Gasteiger charge is 2.28. The smallest absolute Gasteiger partial charge is 0.328 e. The molecule has 1 aromatic carbocycles. The van der Waals surface area contributed by atoms with Crippen LogP contribution in [0.2, 0.25) is 0 Å². The Labute approximate surface area is 99.7 Å². The van der Waals surface area contributed by atoms with E-state index in [2.05, 4.69) is 9.97 Å². The number of thioether (sulfide) groups is 1. The van der Waals surface area contributed by atoms with E-state index >= 15 is 0 Å². The highest BCUT2D eigenvalue weighted by Crippen LogP contribution is 2.23. The van der Waals surface area contributed by atoms with Gasteiger partial charge in [0.05, 0.1) is 11.0 Å². The van der Waals surface area contributed by atoms with Gasteiger partial charge in [-0.1, -0.05) is 23.9 Å². The van der Waals surface area contributed by atoms with Crippen molar-refractivity contribution in [2.45, 2.75) is 10.4 Å². The molecule has 2 rings (SSSR count). The molecule has 0 aliphatic carbocycles. The lowest BCUT2D eigenvalue weighted by Gasteiger charge is -2.03. The van der Waals surface area contributed by atoms with Gasteiger partial charge in [0.15, 0.2) is 5.16 Å². The summed E-state index contributed by atoms with van der Waals surface area (Å²) >= 11 is 0.665. The Morgan fingerprint density at radius 1 is 1.24 bits per heavy atom. The fraction of sp³-hybridized carbons (Fsp3) is 0.100. The molecule has 0 spiro atoms. The second-order valence-corrected chi connectivity index (χ2v) is 4.33. The van der Waals surface area contributed by atoms with Gasteiger partial charge in [0.25, 0.3) is 0 Å². The lowest BCUT2D eigenvalue weighted by molar-refractivity contribution is -0.146. The number of aromatic nitrogens is 2. The SMILES string of the molecule is O=C(O)C(Sc1nc2ccccc2[nH]1)C(=O)O. The summed E-state index contributed by atoms with van der Waals surface area (Å²) in [6.45, 7) is 0. The fourth-order valence-corrected chi connectivity index (χ4v) is 2.05. The van der Waals surface area contributed by atoms with Gasteiger partial charge in [-0.3, -0.25) is 9.59 Å². The highest BCUT2D eigenvalue weighted by atomic mass is 32.2. The molecule has 0 unspecified atom stereocenters. The fourth-order valence-electron chi connectivity index (χ4n) is 1.30. The molecule has 1 aromatic heterocycles. The van der Waals surface area contributed by atoms with Crippen LogP contribution in [0.1, 0.15) is 0 Å². The van der Waals surface area contributed by atoms with Crippen molar-refractivity contribution in [3.8, 4) is 0 Å². The van der Waals surface area contributed by atoms with E-state index in [1.165, 1.54) is 0 Å². The number of carboxylic acid groups (broad SMARTS) is 2. The molecule has 88 valence electrons. The molecule has 1 heterocycles. The first-order chi connectivity index (χ1) is 8.08. The van der Waals surface area contributed by atoms with E-state index in [0.717, 1.165) is 5.52 Å². The first-order valence-electron chi connectivity index (χ1n) is 4.65. The second kappa shape index (κ2) is 4.46. The van der Waals surface area contributed by atoms with Gasteiger partial charge in [0.2, 0.25) is 5.25 Å². The Hall–Kier alpha value is -2.02. The van der Waals surface area contributed by atoms with Crippen molar-refractivity contribution in [1.82, 2.24) is 9.97 Å². The third-order valence-corrected chi connectivity index (χ3v) is 3.10. The predicted molar refractivity (Wildman–Crippen MR) is 61.0 cm³/mol. The molecule has 0 aliphatic heterocycles. The molecule has 6 nitrogen and oxygen atoms in total. The van der Waals surface area contributed by atoms with Crippen LogP contribution in [0.5, 0.6) is 0 Å². The number of para-hydroxylation sites is 2. The van der Waals surface area contributed by atoms with E-state index in [4.69, 9.17) is 10.2 Å². The van der Waals surface area contributed by atoms with Gasteiger partial charge in [-0.25, -0.2) is 4.98 Å². The number of fused-ring (bicyclic) bond motifs is 1. The quantitative estimate of drug-likeness (QED) is 0.558. The summed E-state index contributed by atoms with van der Waals surface area (Å²) in [5.74, 6) is -2.80. The topological polar surface area (TPSA) is 103 Å². The molecule has 3 N–H and O–H groups in total. The van der Waals surface area contributed by atoms with E-state index in [-0.39, 0.29) is 5.16 Å². The van der Waals surface area contributed by atoms with Gasteiger partial charge in [0, 0.05) is 0 Å². The maximum atomic E-state index is 10.7. The van der Waals surface area contributed by atoms with Gasteiger partial charge < -0.3 is 15.2 Å². The number of nitrogens with one attached hydrogen (secondary N) is 1. The monoisotopic (exact) mass is 252 g/mol. The number of hydrogen-bond donors (Lipinski definition) is 3. The van der Waals surface area contributed by atoms with Crippen LogP contribution in [0.4, 0.5) is 0 Å². The zero-order chi connectivity index (χ0) is 12.4. The van der Waals surface area contributed by atoms with E-state index in [0.29, 0.717) is 17.3 Å². The average Bonchev–Trinajstić information content (AvgIpc) is 2.67. The van der Waals surface area contributed by atoms with Crippen molar-refractivity contribution >= 4 is 34.7 Å². The van der Waals surface area contributed by atoms with E-state index < -0.39 is 17.2 Å². The molecule has 0 atom stereocenters. The van der Waals surface area contributed by atoms with Crippen molar-refractivity contribution < 1.29 is 19.8 Å². The van der Waals surface area contributed by atoms with Crippen LogP contribution in [0, 0.1) is 0 Å². The number of carboxylic acids is 2. The summed E-state index contributed by atoms with van der Waals surface area (Å²) in [7, 11) is 0. The molecular formula is C10H8N2O4S. The minimum atomic E-state index is -1.56. The Kier molecular flexibility index (Phi) is 3.01. The van der Waals surface area contributed by atoms with Crippen LogP contribution in [-0.4, -0.2) is 37.4 Å². The second-order valence-electron chi connectivity index (χ2n) is 3.23. The largest absolute Gasteiger partial charge is 0.480 e.